The summed E-state index contributed by atoms with van der Waals surface area (Å²) in [7, 11) is 0. The van der Waals surface area contributed by atoms with Gasteiger partial charge in [0, 0.05) is 12.6 Å². The molecule has 0 saturated heterocycles. The molecule has 0 bridgehead atoms. The second-order valence-electron chi connectivity index (χ2n) is 8.31. The van der Waals surface area contributed by atoms with Crippen molar-refractivity contribution in [2.75, 3.05) is 19.6 Å². The minimum atomic E-state index is -0.450. The van der Waals surface area contributed by atoms with Gasteiger partial charge in [0.15, 0.2) is 0 Å². The molecule has 1 N–H and O–H groups in total. The number of rotatable bonds is 1. The topological polar surface area (TPSA) is 53.9 Å². The van der Waals surface area contributed by atoms with E-state index in [4.69, 9.17) is 4.74 Å². The molecule has 0 aromatic carbocycles. The van der Waals surface area contributed by atoms with Gasteiger partial charge in [0.2, 0.25) is 0 Å². The van der Waals surface area contributed by atoms with Crippen molar-refractivity contribution in [2.24, 2.45) is 10.4 Å². The fraction of sp³-hybridized carbons (Fsp3) is 0.882. The van der Waals surface area contributed by atoms with E-state index in [9.17, 15) is 4.79 Å². The number of carbonyl (C=O) groups is 1. The van der Waals surface area contributed by atoms with E-state index in [1.165, 1.54) is 25.7 Å². The summed E-state index contributed by atoms with van der Waals surface area (Å²) in [5.74, 6) is 0.932. The van der Waals surface area contributed by atoms with E-state index in [0.29, 0.717) is 31.1 Å². The molecule has 1 saturated carbocycles. The molecule has 2 aliphatic rings. The molecule has 1 aliphatic heterocycles. The quantitative estimate of drug-likeness (QED) is 0.809. The van der Waals surface area contributed by atoms with Crippen LogP contribution in [0.25, 0.3) is 0 Å². The molecule has 5 nitrogen and oxygen atoms in total. The number of amides is 1. The Bertz CT molecular complexity index is 428. The maximum atomic E-state index is 12.2. The summed E-state index contributed by atoms with van der Waals surface area (Å²) in [6, 6.07) is 0.491. The van der Waals surface area contributed by atoms with Crippen molar-refractivity contribution in [1.82, 2.24) is 10.2 Å². The van der Waals surface area contributed by atoms with Crippen LogP contribution in [0.4, 0.5) is 4.79 Å². The molecule has 0 atom stereocenters. The molecular weight excluding hydrogens is 278 g/mol. The Morgan fingerprint density at radius 3 is 2.55 bits per heavy atom. The highest BCUT2D eigenvalue weighted by Crippen LogP contribution is 2.35. The minimum absolute atomic E-state index is 0.244. The van der Waals surface area contributed by atoms with E-state index >= 15 is 0 Å². The smallest absolute Gasteiger partial charge is 0.410 e. The van der Waals surface area contributed by atoms with Gasteiger partial charge < -0.3 is 10.1 Å². The fourth-order valence-corrected chi connectivity index (χ4v) is 2.97. The van der Waals surface area contributed by atoms with Crippen LogP contribution in [-0.4, -0.2) is 48.1 Å². The minimum Gasteiger partial charge on any atom is -0.444 e. The SMILES string of the molecule is CC1(C)CCC(NC2=NCCN(C(=O)OC(C)(C)C)C2)CC1. The lowest BCUT2D eigenvalue weighted by molar-refractivity contribution is 0.0276. The van der Waals surface area contributed by atoms with Crippen LogP contribution in [0.3, 0.4) is 0 Å². The summed E-state index contributed by atoms with van der Waals surface area (Å²) in [6.45, 7) is 12.2. The maximum absolute atomic E-state index is 12.2. The van der Waals surface area contributed by atoms with Crippen molar-refractivity contribution in [3.05, 3.63) is 0 Å². The number of hydrogen-bond acceptors (Lipinski definition) is 4. The van der Waals surface area contributed by atoms with Gasteiger partial charge in [-0.2, -0.15) is 0 Å². The van der Waals surface area contributed by atoms with Crippen LogP contribution in [-0.2, 0) is 4.74 Å². The molecule has 0 radical (unpaired) electrons. The molecule has 2 rings (SSSR count). The zero-order chi connectivity index (χ0) is 16.4. The number of hydrogen-bond donors (Lipinski definition) is 1. The molecule has 1 amide bonds. The van der Waals surface area contributed by atoms with Gasteiger partial charge >= 0.3 is 6.09 Å². The first-order valence-corrected chi connectivity index (χ1v) is 8.42. The van der Waals surface area contributed by atoms with Crippen molar-refractivity contribution >= 4 is 11.9 Å². The van der Waals surface area contributed by atoms with Gasteiger partial charge in [0.25, 0.3) is 0 Å². The molecule has 1 fully saturated rings. The monoisotopic (exact) mass is 309 g/mol. The fourth-order valence-electron chi connectivity index (χ4n) is 2.97. The Morgan fingerprint density at radius 1 is 1.32 bits per heavy atom. The normalized spacial score (nSPS) is 23.0. The van der Waals surface area contributed by atoms with Crippen LogP contribution >= 0.6 is 0 Å². The third-order valence-corrected chi connectivity index (χ3v) is 4.37. The first kappa shape index (κ1) is 17.1. The van der Waals surface area contributed by atoms with Crippen LogP contribution in [0.1, 0.15) is 60.3 Å². The van der Waals surface area contributed by atoms with Crippen LogP contribution < -0.4 is 5.32 Å². The molecule has 126 valence electrons. The van der Waals surface area contributed by atoms with E-state index in [1.807, 2.05) is 20.8 Å². The van der Waals surface area contributed by atoms with E-state index in [0.717, 1.165) is 5.84 Å². The van der Waals surface area contributed by atoms with Crippen molar-refractivity contribution in [3.8, 4) is 0 Å². The van der Waals surface area contributed by atoms with Crippen LogP contribution in [0.5, 0.6) is 0 Å². The Kier molecular flexibility index (Phi) is 5.03. The van der Waals surface area contributed by atoms with E-state index < -0.39 is 5.60 Å². The van der Waals surface area contributed by atoms with Crippen molar-refractivity contribution in [1.29, 1.82) is 0 Å². The van der Waals surface area contributed by atoms with Crippen molar-refractivity contribution in [2.45, 2.75) is 71.9 Å². The van der Waals surface area contributed by atoms with Crippen LogP contribution in [0.15, 0.2) is 4.99 Å². The molecule has 0 aromatic heterocycles. The average molecular weight is 309 g/mol. The van der Waals surface area contributed by atoms with E-state index in [1.54, 1.807) is 4.90 Å². The Labute approximate surface area is 134 Å². The first-order chi connectivity index (χ1) is 10.1. The third-order valence-electron chi connectivity index (χ3n) is 4.37. The highest BCUT2D eigenvalue weighted by Gasteiger charge is 2.29. The van der Waals surface area contributed by atoms with Gasteiger partial charge in [-0.15, -0.1) is 0 Å². The summed E-state index contributed by atoms with van der Waals surface area (Å²) >= 11 is 0. The number of amidine groups is 1. The second-order valence-corrected chi connectivity index (χ2v) is 8.31. The molecule has 5 heteroatoms. The highest BCUT2D eigenvalue weighted by atomic mass is 16.6. The summed E-state index contributed by atoms with van der Waals surface area (Å²) in [6.07, 6.45) is 4.60. The van der Waals surface area contributed by atoms with Gasteiger partial charge in [-0.25, -0.2) is 4.79 Å². The summed E-state index contributed by atoms with van der Waals surface area (Å²) in [4.78, 5) is 18.4. The van der Waals surface area contributed by atoms with Gasteiger partial charge in [0.05, 0.1) is 13.1 Å². The summed E-state index contributed by atoms with van der Waals surface area (Å²) in [5.41, 5.74) is 0.0172. The van der Waals surface area contributed by atoms with Gasteiger partial charge in [0.1, 0.15) is 11.4 Å². The zero-order valence-corrected chi connectivity index (χ0v) is 14.7. The van der Waals surface area contributed by atoms with Gasteiger partial charge in [-0.05, 0) is 51.9 Å². The largest absolute Gasteiger partial charge is 0.444 e. The van der Waals surface area contributed by atoms with Crippen molar-refractivity contribution < 1.29 is 9.53 Å². The predicted molar refractivity (Wildman–Crippen MR) is 89.3 cm³/mol. The number of carbonyl (C=O) groups excluding carboxylic acids is 1. The first-order valence-electron chi connectivity index (χ1n) is 8.42. The molecule has 1 aliphatic carbocycles. The third kappa shape index (κ3) is 5.18. The van der Waals surface area contributed by atoms with Crippen LogP contribution in [0.2, 0.25) is 0 Å². The lowest BCUT2D eigenvalue weighted by atomic mass is 9.75. The summed E-state index contributed by atoms with van der Waals surface area (Å²) < 4.78 is 5.45. The predicted octanol–water partition coefficient (Wildman–Crippen LogP) is 3.19. The molecule has 0 spiro atoms. The van der Waals surface area contributed by atoms with Crippen molar-refractivity contribution in [3.63, 3.8) is 0 Å². The summed E-state index contributed by atoms with van der Waals surface area (Å²) in [5, 5.41) is 3.54. The van der Waals surface area contributed by atoms with Gasteiger partial charge in [-0.1, -0.05) is 13.8 Å². The standard InChI is InChI=1S/C17H31N3O2/c1-16(2,3)22-15(21)20-11-10-18-14(12-20)19-13-6-8-17(4,5)9-7-13/h13H,6-12H2,1-5H3,(H,18,19). The average Bonchev–Trinajstić information content (AvgIpc) is 2.40. The molecule has 0 aromatic rings. The number of nitrogens with zero attached hydrogens (tertiary/aromatic N) is 2. The molecular formula is C17H31N3O2. The maximum Gasteiger partial charge on any atom is 0.410 e. The molecule has 0 unspecified atom stereocenters. The van der Waals surface area contributed by atoms with Crippen LogP contribution in [0, 0.1) is 5.41 Å². The van der Waals surface area contributed by atoms with E-state index in [-0.39, 0.29) is 6.09 Å². The lowest BCUT2D eigenvalue weighted by Gasteiger charge is -2.36. The Balaban J connectivity index is 1.83. The highest BCUT2D eigenvalue weighted by molar-refractivity contribution is 5.88. The second kappa shape index (κ2) is 6.47. The lowest BCUT2D eigenvalue weighted by Crippen LogP contribution is -2.50. The number of nitrogens with one attached hydrogen (secondary N) is 1. The zero-order valence-electron chi connectivity index (χ0n) is 14.7. The number of aliphatic imine (C=N–C) groups is 1. The molecule has 1 heterocycles. The number of ether oxygens (including phenoxy) is 1. The van der Waals surface area contributed by atoms with Gasteiger partial charge in [-0.3, -0.25) is 9.89 Å². The Hall–Kier alpha value is -1.26. The molecule has 22 heavy (non-hydrogen) atoms. The van der Waals surface area contributed by atoms with E-state index in [2.05, 4.69) is 24.2 Å². The Morgan fingerprint density at radius 2 is 1.95 bits per heavy atom.